The van der Waals surface area contributed by atoms with Gasteiger partial charge >= 0.3 is 0 Å². The molecule has 0 saturated heterocycles. The van der Waals surface area contributed by atoms with Crippen molar-refractivity contribution in [1.29, 1.82) is 0 Å². The van der Waals surface area contributed by atoms with Gasteiger partial charge in [-0.2, -0.15) is 0 Å². The number of rotatable bonds is 5. The van der Waals surface area contributed by atoms with Gasteiger partial charge in [0.15, 0.2) is 0 Å². The van der Waals surface area contributed by atoms with Crippen molar-refractivity contribution in [2.75, 3.05) is 18.6 Å². The monoisotopic (exact) mass is 284 g/mol. The third-order valence-corrected chi connectivity index (χ3v) is 4.29. The number of aliphatic hydroxyl groups excluding tert-OH is 1. The van der Waals surface area contributed by atoms with E-state index in [-0.39, 0.29) is 18.5 Å². The lowest BCUT2D eigenvalue weighted by Crippen LogP contribution is -2.26. The van der Waals surface area contributed by atoms with Crippen molar-refractivity contribution in [2.24, 2.45) is 0 Å². The van der Waals surface area contributed by atoms with E-state index in [1.165, 1.54) is 11.1 Å². The fourth-order valence-corrected chi connectivity index (χ4v) is 3.30. The molecule has 0 bridgehead atoms. The van der Waals surface area contributed by atoms with Crippen LogP contribution in [-0.4, -0.2) is 38.2 Å². The minimum Gasteiger partial charge on any atom is -0.390 e. The fraction of sp³-hybridized carbons (Fsp3) is 0.571. The first-order valence-corrected chi connectivity index (χ1v) is 8.57. The van der Waals surface area contributed by atoms with Gasteiger partial charge in [0.25, 0.3) is 0 Å². The Bertz CT molecular complexity index is 524. The fourth-order valence-electron chi connectivity index (χ4n) is 2.51. The van der Waals surface area contributed by atoms with E-state index in [1.54, 1.807) is 0 Å². The summed E-state index contributed by atoms with van der Waals surface area (Å²) in [6, 6.07) is 8.13. The van der Waals surface area contributed by atoms with Crippen LogP contribution in [0.2, 0.25) is 0 Å². The Hall–Kier alpha value is -0.910. The van der Waals surface area contributed by atoms with E-state index < -0.39 is 15.9 Å². The molecule has 0 radical (unpaired) electrons. The average Bonchev–Trinajstić information content (AvgIpc) is 2.34. The van der Waals surface area contributed by atoms with Gasteiger partial charge in [0.2, 0.25) is 0 Å². The number of sulfone groups is 1. The van der Waals surface area contributed by atoms with Crippen molar-refractivity contribution in [2.45, 2.75) is 31.5 Å². The summed E-state index contributed by atoms with van der Waals surface area (Å²) >= 11 is 0. The molecule has 2 atom stereocenters. The minimum absolute atomic E-state index is 0.0286. The highest BCUT2D eigenvalue weighted by Crippen LogP contribution is 2.32. The lowest BCUT2D eigenvalue weighted by molar-refractivity contribution is -0.0100. The molecule has 0 saturated carbocycles. The zero-order chi connectivity index (χ0) is 13.9. The summed E-state index contributed by atoms with van der Waals surface area (Å²) in [7, 11) is -3.17. The second-order valence-electron chi connectivity index (χ2n) is 5.16. The summed E-state index contributed by atoms with van der Waals surface area (Å²) in [6.07, 6.45) is 3.17. The number of ether oxygens (including phenoxy) is 1. The van der Waals surface area contributed by atoms with Crippen molar-refractivity contribution in [3.05, 3.63) is 35.4 Å². The van der Waals surface area contributed by atoms with Crippen LogP contribution in [0.4, 0.5) is 0 Å². The highest BCUT2D eigenvalue weighted by atomic mass is 32.2. The van der Waals surface area contributed by atoms with E-state index in [2.05, 4.69) is 6.07 Å². The van der Waals surface area contributed by atoms with Gasteiger partial charge in [0, 0.05) is 6.26 Å². The lowest BCUT2D eigenvalue weighted by atomic mass is 9.89. The number of hydrogen-bond acceptors (Lipinski definition) is 4. The Morgan fingerprint density at radius 1 is 1.42 bits per heavy atom. The number of fused-ring (bicyclic) bond motifs is 1. The summed E-state index contributed by atoms with van der Waals surface area (Å²) in [6.45, 7) is 0.0616. The summed E-state index contributed by atoms with van der Waals surface area (Å²) in [4.78, 5) is 0. The molecule has 5 heteroatoms. The molecule has 0 amide bonds. The first-order chi connectivity index (χ1) is 8.96. The smallest absolute Gasteiger partial charge is 0.150 e. The molecule has 19 heavy (non-hydrogen) atoms. The normalized spacial score (nSPS) is 20.8. The van der Waals surface area contributed by atoms with E-state index in [1.807, 2.05) is 18.2 Å². The van der Waals surface area contributed by atoms with E-state index in [4.69, 9.17) is 4.74 Å². The molecule has 0 fully saturated rings. The van der Waals surface area contributed by atoms with Crippen LogP contribution in [0.15, 0.2) is 24.3 Å². The molecule has 0 unspecified atom stereocenters. The van der Waals surface area contributed by atoms with E-state index >= 15 is 0 Å². The topological polar surface area (TPSA) is 63.6 Å². The first-order valence-electron chi connectivity index (χ1n) is 6.51. The van der Waals surface area contributed by atoms with Gasteiger partial charge < -0.3 is 9.84 Å². The molecule has 1 aliphatic rings. The maximum absolute atomic E-state index is 11.1. The van der Waals surface area contributed by atoms with Gasteiger partial charge in [-0.25, -0.2) is 8.42 Å². The SMILES string of the molecule is CS(=O)(=O)C[C@@H](O)CO[C@@H]1CCCc2ccccc21. The zero-order valence-electron chi connectivity index (χ0n) is 11.1. The molecule has 1 aliphatic carbocycles. The van der Waals surface area contributed by atoms with E-state index in [0.717, 1.165) is 25.5 Å². The standard InChI is InChI=1S/C14H20O4S/c1-19(16,17)10-12(15)9-18-14-8-4-6-11-5-2-3-7-13(11)14/h2-3,5,7,12,14-15H,4,6,8-10H2,1H3/t12-,14+/m0/s1. The summed E-state index contributed by atoms with van der Waals surface area (Å²) in [5.41, 5.74) is 2.46. The van der Waals surface area contributed by atoms with E-state index in [9.17, 15) is 13.5 Å². The van der Waals surface area contributed by atoms with Gasteiger partial charge in [-0.05, 0) is 30.4 Å². The molecular formula is C14H20O4S. The van der Waals surface area contributed by atoms with Crippen molar-refractivity contribution >= 4 is 9.84 Å². The maximum Gasteiger partial charge on any atom is 0.150 e. The van der Waals surface area contributed by atoms with Crippen LogP contribution in [0.1, 0.15) is 30.1 Å². The van der Waals surface area contributed by atoms with Crippen LogP contribution in [-0.2, 0) is 21.0 Å². The zero-order valence-corrected chi connectivity index (χ0v) is 11.9. The highest BCUT2D eigenvalue weighted by Gasteiger charge is 2.22. The van der Waals surface area contributed by atoms with Crippen LogP contribution in [0.3, 0.4) is 0 Å². The molecule has 0 aliphatic heterocycles. The summed E-state index contributed by atoms with van der Waals surface area (Å²) in [5.74, 6) is -0.249. The Morgan fingerprint density at radius 3 is 2.89 bits per heavy atom. The van der Waals surface area contributed by atoms with Gasteiger partial charge in [-0.15, -0.1) is 0 Å². The quantitative estimate of drug-likeness (QED) is 0.889. The predicted octanol–water partition coefficient (Wildman–Crippen LogP) is 1.49. The summed E-state index contributed by atoms with van der Waals surface area (Å²) < 4.78 is 27.9. The first kappa shape index (κ1) is 14.5. The third-order valence-electron chi connectivity index (χ3n) is 3.30. The maximum atomic E-state index is 11.1. The van der Waals surface area contributed by atoms with E-state index in [0.29, 0.717) is 0 Å². The van der Waals surface area contributed by atoms with Crippen LogP contribution < -0.4 is 0 Å². The van der Waals surface area contributed by atoms with Gasteiger partial charge in [-0.1, -0.05) is 24.3 Å². The molecule has 2 rings (SSSR count). The van der Waals surface area contributed by atoms with Crippen molar-refractivity contribution in [1.82, 2.24) is 0 Å². The van der Waals surface area contributed by atoms with Crippen LogP contribution in [0, 0.1) is 0 Å². The molecule has 1 N–H and O–H groups in total. The van der Waals surface area contributed by atoms with Crippen molar-refractivity contribution < 1.29 is 18.3 Å². The highest BCUT2D eigenvalue weighted by molar-refractivity contribution is 7.90. The molecule has 0 heterocycles. The Labute approximate surface area is 114 Å². The van der Waals surface area contributed by atoms with Gasteiger partial charge in [0.1, 0.15) is 9.84 Å². The molecular weight excluding hydrogens is 264 g/mol. The number of aliphatic hydroxyl groups is 1. The lowest BCUT2D eigenvalue weighted by Gasteiger charge is -2.26. The number of aryl methyl sites for hydroxylation is 1. The number of hydrogen-bond donors (Lipinski definition) is 1. The molecule has 1 aromatic carbocycles. The van der Waals surface area contributed by atoms with Crippen molar-refractivity contribution in [3.8, 4) is 0 Å². The Balaban J connectivity index is 1.94. The predicted molar refractivity (Wildman–Crippen MR) is 73.8 cm³/mol. The molecule has 4 nitrogen and oxygen atoms in total. The van der Waals surface area contributed by atoms with Crippen molar-refractivity contribution in [3.63, 3.8) is 0 Å². The second kappa shape index (κ2) is 6.03. The Kier molecular flexibility index (Phi) is 4.60. The average molecular weight is 284 g/mol. The molecule has 0 aromatic heterocycles. The largest absolute Gasteiger partial charge is 0.390 e. The third kappa shape index (κ3) is 4.30. The minimum atomic E-state index is -3.17. The molecule has 1 aromatic rings. The van der Waals surface area contributed by atoms with Crippen LogP contribution in [0.5, 0.6) is 0 Å². The molecule has 106 valence electrons. The second-order valence-corrected chi connectivity index (χ2v) is 7.34. The van der Waals surface area contributed by atoms with Gasteiger partial charge in [-0.3, -0.25) is 0 Å². The number of benzene rings is 1. The summed E-state index contributed by atoms with van der Waals surface area (Å²) in [5, 5.41) is 9.66. The van der Waals surface area contributed by atoms with Gasteiger partial charge in [0.05, 0.1) is 24.6 Å². The Morgan fingerprint density at radius 2 is 2.16 bits per heavy atom. The van der Waals surface area contributed by atoms with Crippen LogP contribution in [0.25, 0.3) is 0 Å². The molecule has 0 spiro atoms. The van der Waals surface area contributed by atoms with Crippen LogP contribution >= 0.6 is 0 Å².